The number of halogens is 1. The van der Waals surface area contributed by atoms with E-state index in [1.54, 1.807) is 0 Å². The predicted molar refractivity (Wildman–Crippen MR) is 66.5 cm³/mol. The highest BCUT2D eigenvalue weighted by Crippen LogP contribution is 2.29. The summed E-state index contributed by atoms with van der Waals surface area (Å²) in [5, 5.41) is 5.01. The van der Waals surface area contributed by atoms with Crippen LogP contribution < -0.4 is 0 Å². The Morgan fingerprint density at radius 2 is 2.19 bits per heavy atom. The summed E-state index contributed by atoms with van der Waals surface area (Å²) in [5.74, 6) is 0. The van der Waals surface area contributed by atoms with Gasteiger partial charge < -0.3 is 4.84 Å². The third kappa shape index (κ3) is 1.69. The van der Waals surface area contributed by atoms with Gasteiger partial charge in [-0.15, -0.1) is 0 Å². The molecule has 3 nitrogen and oxygen atoms in total. The minimum absolute atomic E-state index is 0.00789. The van der Waals surface area contributed by atoms with Crippen LogP contribution >= 0.6 is 15.9 Å². The predicted octanol–water partition coefficient (Wildman–Crippen LogP) is 3.40. The number of para-hydroxylation sites is 1. The molecule has 0 aliphatic carbocycles. The molecule has 0 bridgehead atoms. The van der Waals surface area contributed by atoms with E-state index < -0.39 is 0 Å². The van der Waals surface area contributed by atoms with Gasteiger partial charge in [-0.25, -0.2) is 0 Å². The minimum atomic E-state index is -0.00789. The molecule has 0 radical (unpaired) electrons. The van der Waals surface area contributed by atoms with E-state index in [2.05, 4.69) is 38.2 Å². The van der Waals surface area contributed by atoms with Crippen LogP contribution in [-0.2, 0) is 4.84 Å². The Hall–Kier alpha value is -1.42. The van der Waals surface area contributed by atoms with Crippen molar-refractivity contribution < 1.29 is 4.84 Å². The lowest BCUT2D eigenvalue weighted by molar-refractivity contribution is 0.0856. The second-order valence-electron chi connectivity index (χ2n) is 3.73. The van der Waals surface area contributed by atoms with Gasteiger partial charge in [-0.2, -0.15) is 0 Å². The van der Waals surface area contributed by atoms with Gasteiger partial charge in [-0.1, -0.05) is 23.4 Å². The lowest BCUT2D eigenvalue weighted by Gasteiger charge is -2.08. The lowest BCUT2D eigenvalue weighted by Crippen LogP contribution is -1.97. The number of benzene rings is 1. The van der Waals surface area contributed by atoms with Gasteiger partial charge in [-0.3, -0.25) is 4.98 Å². The van der Waals surface area contributed by atoms with Crippen LogP contribution in [0.15, 0.2) is 41.7 Å². The summed E-state index contributed by atoms with van der Waals surface area (Å²) in [6, 6.07) is 10.2. The summed E-state index contributed by atoms with van der Waals surface area (Å²) < 4.78 is 0.852. The maximum atomic E-state index is 5.30. The zero-order valence-electron chi connectivity index (χ0n) is 8.43. The van der Waals surface area contributed by atoms with Gasteiger partial charge in [0.15, 0.2) is 6.10 Å². The van der Waals surface area contributed by atoms with Crippen LogP contribution in [0.5, 0.6) is 0 Å². The number of pyridine rings is 1. The number of aromatic nitrogens is 1. The Balaban J connectivity index is 1.99. The molecular formula is C12H9BrN2O. The first kappa shape index (κ1) is 9.78. The smallest absolute Gasteiger partial charge is 0.160 e. The summed E-state index contributed by atoms with van der Waals surface area (Å²) in [4.78, 5) is 9.71. The van der Waals surface area contributed by atoms with Crippen molar-refractivity contribution in [3.05, 3.63) is 42.1 Å². The van der Waals surface area contributed by atoms with Crippen molar-refractivity contribution in [2.45, 2.75) is 12.5 Å². The Morgan fingerprint density at radius 1 is 1.31 bits per heavy atom. The number of fused-ring (bicyclic) bond motifs is 1. The number of oxime groups is 1. The molecule has 16 heavy (non-hydrogen) atoms. The maximum absolute atomic E-state index is 5.30. The highest BCUT2D eigenvalue weighted by atomic mass is 79.9. The number of hydrogen-bond donors (Lipinski definition) is 0. The average molecular weight is 277 g/mol. The molecule has 80 valence electrons. The van der Waals surface area contributed by atoms with Crippen molar-refractivity contribution >= 4 is 31.5 Å². The van der Waals surface area contributed by atoms with Crippen molar-refractivity contribution in [3.8, 4) is 0 Å². The van der Waals surface area contributed by atoms with E-state index in [0.29, 0.717) is 0 Å². The summed E-state index contributed by atoms with van der Waals surface area (Å²) in [6.07, 6.45) is 2.63. The quantitative estimate of drug-likeness (QED) is 0.800. The first-order valence-corrected chi connectivity index (χ1v) is 5.85. The van der Waals surface area contributed by atoms with Crippen molar-refractivity contribution in [1.82, 2.24) is 4.98 Å². The Morgan fingerprint density at radius 3 is 3.00 bits per heavy atom. The van der Waals surface area contributed by atoms with Crippen LogP contribution in [0, 0.1) is 0 Å². The van der Waals surface area contributed by atoms with Crippen molar-refractivity contribution in [2.24, 2.45) is 5.16 Å². The van der Waals surface area contributed by atoms with Gasteiger partial charge >= 0.3 is 0 Å². The molecule has 0 spiro atoms. The van der Waals surface area contributed by atoms with Crippen LogP contribution in [-0.4, -0.2) is 9.60 Å². The largest absolute Gasteiger partial charge is 0.386 e. The van der Waals surface area contributed by atoms with Gasteiger partial charge in [0.1, 0.15) is 4.62 Å². The SMILES string of the molecule is BrC1=NO[C@@H](c2cnc3ccccc3c2)C1. The monoisotopic (exact) mass is 276 g/mol. The topological polar surface area (TPSA) is 34.5 Å². The van der Waals surface area contributed by atoms with Crippen molar-refractivity contribution in [3.63, 3.8) is 0 Å². The molecule has 1 aromatic heterocycles. The van der Waals surface area contributed by atoms with Crippen molar-refractivity contribution in [1.29, 1.82) is 0 Å². The molecule has 4 heteroatoms. The average Bonchev–Trinajstić information content (AvgIpc) is 2.75. The van der Waals surface area contributed by atoms with Gasteiger partial charge in [0.2, 0.25) is 0 Å². The van der Waals surface area contributed by atoms with Crippen LogP contribution in [0.4, 0.5) is 0 Å². The third-order valence-electron chi connectivity index (χ3n) is 2.62. The molecule has 0 saturated heterocycles. The molecule has 0 unspecified atom stereocenters. The van der Waals surface area contributed by atoms with E-state index >= 15 is 0 Å². The van der Waals surface area contributed by atoms with Crippen LogP contribution in [0.1, 0.15) is 18.1 Å². The molecule has 0 amide bonds. The van der Waals surface area contributed by atoms with Crippen molar-refractivity contribution in [2.75, 3.05) is 0 Å². The number of rotatable bonds is 1. The fraction of sp³-hybridized carbons (Fsp3) is 0.167. The Labute approximate surface area is 101 Å². The van der Waals surface area contributed by atoms with Crippen LogP contribution in [0.3, 0.4) is 0 Å². The Bertz CT molecular complexity index is 568. The Kier molecular flexibility index (Phi) is 2.36. The molecule has 0 N–H and O–H groups in total. The number of nitrogens with zero attached hydrogens (tertiary/aromatic N) is 2. The molecule has 2 heterocycles. The van der Waals surface area contributed by atoms with Gasteiger partial charge in [0.25, 0.3) is 0 Å². The molecule has 2 aromatic rings. The highest BCUT2D eigenvalue weighted by molar-refractivity contribution is 9.18. The fourth-order valence-corrected chi connectivity index (χ4v) is 2.17. The first-order chi connectivity index (χ1) is 7.83. The molecule has 0 fully saturated rings. The van der Waals surface area contributed by atoms with Crippen LogP contribution in [0.25, 0.3) is 10.9 Å². The molecule has 1 aromatic carbocycles. The molecule has 1 aliphatic rings. The molecule has 1 aliphatic heterocycles. The standard InChI is InChI=1S/C12H9BrN2O/c13-12-6-11(16-15-12)9-5-8-3-1-2-4-10(8)14-7-9/h1-5,7,11H,6H2/t11-/m1/s1. The van der Waals surface area contributed by atoms with Crippen LogP contribution in [0.2, 0.25) is 0 Å². The molecule has 0 saturated carbocycles. The summed E-state index contributed by atoms with van der Waals surface area (Å²) >= 11 is 3.33. The van der Waals surface area contributed by atoms with Gasteiger partial charge in [0, 0.05) is 23.6 Å². The lowest BCUT2D eigenvalue weighted by atomic mass is 10.1. The normalized spacial score (nSPS) is 19.6. The zero-order chi connectivity index (χ0) is 11.0. The molecular weight excluding hydrogens is 268 g/mol. The van der Waals surface area contributed by atoms with E-state index in [0.717, 1.165) is 27.5 Å². The van der Waals surface area contributed by atoms with Gasteiger partial charge in [-0.05, 0) is 28.1 Å². The van der Waals surface area contributed by atoms with E-state index in [-0.39, 0.29) is 6.10 Å². The summed E-state index contributed by atoms with van der Waals surface area (Å²) in [7, 11) is 0. The molecule has 1 atom stereocenters. The van der Waals surface area contributed by atoms with E-state index in [4.69, 9.17) is 4.84 Å². The number of hydrogen-bond acceptors (Lipinski definition) is 3. The highest BCUT2D eigenvalue weighted by Gasteiger charge is 2.21. The maximum Gasteiger partial charge on any atom is 0.160 e. The van der Waals surface area contributed by atoms with E-state index in [9.17, 15) is 0 Å². The van der Waals surface area contributed by atoms with E-state index in [1.807, 2.05) is 24.4 Å². The summed E-state index contributed by atoms with van der Waals surface area (Å²) in [6.45, 7) is 0. The second-order valence-corrected chi connectivity index (χ2v) is 4.64. The van der Waals surface area contributed by atoms with E-state index in [1.165, 1.54) is 0 Å². The second kappa shape index (κ2) is 3.87. The fourth-order valence-electron chi connectivity index (χ4n) is 1.79. The third-order valence-corrected chi connectivity index (χ3v) is 3.08. The summed E-state index contributed by atoms with van der Waals surface area (Å²) in [5.41, 5.74) is 2.07. The minimum Gasteiger partial charge on any atom is -0.386 e. The molecule has 3 rings (SSSR count). The first-order valence-electron chi connectivity index (χ1n) is 5.06. The zero-order valence-corrected chi connectivity index (χ0v) is 10.0. The van der Waals surface area contributed by atoms with Gasteiger partial charge in [0.05, 0.1) is 5.52 Å².